The highest BCUT2D eigenvalue weighted by Gasteiger charge is 2.15. The largest absolute Gasteiger partial charge is 0.487 e. The Bertz CT molecular complexity index is 371. The third-order valence-electron chi connectivity index (χ3n) is 1.71. The van der Waals surface area contributed by atoms with Gasteiger partial charge in [0.05, 0.1) is 0 Å². The van der Waals surface area contributed by atoms with E-state index in [-0.39, 0.29) is 5.60 Å². The molecule has 0 spiro atoms. The van der Waals surface area contributed by atoms with Crippen molar-refractivity contribution in [3.8, 4) is 5.75 Å². The Morgan fingerprint density at radius 3 is 2.18 bits per heavy atom. The van der Waals surface area contributed by atoms with Crippen LogP contribution in [0.1, 0.15) is 20.8 Å². The third kappa shape index (κ3) is 1.01. The van der Waals surface area contributed by atoms with Crippen LogP contribution in [-0.2, 0) is 0 Å². The molecule has 58 valence electrons. The SMILES string of the molecule is CC(C)(C)Oc1cc2ccc1=2. The minimum atomic E-state index is -0.0617. The monoisotopic (exact) mass is 148 g/mol. The molecule has 0 amide bonds. The van der Waals surface area contributed by atoms with E-state index in [1.807, 2.05) is 0 Å². The molecule has 0 unspecified atom stereocenters. The molecule has 1 nitrogen and oxygen atoms in total. The minimum Gasteiger partial charge on any atom is -0.487 e. The highest BCUT2D eigenvalue weighted by molar-refractivity contribution is 5.39. The lowest BCUT2D eigenvalue weighted by molar-refractivity contribution is 0.128. The van der Waals surface area contributed by atoms with E-state index < -0.39 is 0 Å². The molecular formula is C10H12O. The van der Waals surface area contributed by atoms with E-state index >= 15 is 0 Å². The smallest absolute Gasteiger partial charge is 0.128 e. The van der Waals surface area contributed by atoms with Gasteiger partial charge in [-0.25, -0.2) is 0 Å². The molecule has 0 saturated heterocycles. The van der Waals surface area contributed by atoms with Crippen molar-refractivity contribution < 1.29 is 4.74 Å². The number of rotatable bonds is 1. The molecule has 2 aliphatic carbocycles. The second-order valence-corrected chi connectivity index (χ2v) is 3.93. The second-order valence-electron chi connectivity index (χ2n) is 3.93. The molecule has 0 aliphatic heterocycles. The van der Waals surface area contributed by atoms with Crippen LogP contribution < -0.4 is 4.74 Å². The zero-order valence-electron chi connectivity index (χ0n) is 7.14. The highest BCUT2D eigenvalue weighted by Crippen LogP contribution is 2.27. The molecule has 0 fully saturated rings. The topological polar surface area (TPSA) is 9.23 Å². The normalized spacial score (nSPS) is 13.0. The first-order chi connectivity index (χ1) is 5.06. The fraction of sp³-hybridized carbons (Fsp3) is 0.400. The molecule has 2 rings (SSSR count). The van der Waals surface area contributed by atoms with E-state index in [0.717, 1.165) is 5.75 Å². The molecule has 0 atom stereocenters. The number of hydrogen-bond donors (Lipinski definition) is 0. The molecular weight excluding hydrogens is 136 g/mol. The zero-order chi connectivity index (χ0) is 8.06. The molecule has 0 radical (unpaired) electrons. The molecule has 0 aromatic rings. The predicted molar refractivity (Wildman–Crippen MR) is 44.5 cm³/mol. The van der Waals surface area contributed by atoms with Crippen LogP contribution in [0.25, 0.3) is 0 Å². The lowest BCUT2D eigenvalue weighted by atomic mass is 10.1. The summed E-state index contributed by atoms with van der Waals surface area (Å²) in [4.78, 5) is 0. The summed E-state index contributed by atoms with van der Waals surface area (Å²) in [6.07, 6.45) is 0. The van der Waals surface area contributed by atoms with Gasteiger partial charge in [0.2, 0.25) is 0 Å². The van der Waals surface area contributed by atoms with Crippen molar-refractivity contribution in [1.82, 2.24) is 0 Å². The van der Waals surface area contributed by atoms with Crippen LogP contribution in [0.3, 0.4) is 0 Å². The van der Waals surface area contributed by atoms with Crippen LogP contribution in [0.15, 0.2) is 18.2 Å². The van der Waals surface area contributed by atoms with Crippen LogP contribution in [0.4, 0.5) is 0 Å². The molecule has 0 aromatic heterocycles. The Morgan fingerprint density at radius 1 is 1.18 bits per heavy atom. The van der Waals surface area contributed by atoms with Gasteiger partial charge in [0, 0.05) is 5.22 Å². The molecule has 0 bridgehead atoms. The van der Waals surface area contributed by atoms with Crippen LogP contribution in [0, 0.1) is 10.4 Å². The third-order valence-corrected chi connectivity index (χ3v) is 1.71. The van der Waals surface area contributed by atoms with Crippen molar-refractivity contribution in [2.45, 2.75) is 26.4 Å². The van der Waals surface area contributed by atoms with E-state index in [2.05, 4.69) is 39.0 Å². The standard InChI is InChI=1S/C10H12O/c1-10(2,3)11-9-6-7-4-5-8(7)9/h4-6H,1-3H3. The molecule has 11 heavy (non-hydrogen) atoms. The van der Waals surface area contributed by atoms with Gasteiger partial charge in [0.1, 0.15) is 11.4 Å². The van der Waals surface area contributed by atoms with E-state index in [1.54, 1.807) is 0 Å². The molecule has 0 aromatic carbocycles. The molecule has 2 aliphatic rings. The number of hydrogen-bond acceptors (Lipinski definition) is 1. The van der Waals surface area contributed by atoms with Crippen LogP contribution in [-0.4, -0.2) is 5.60 Å². The zero-order valence-corrected chi connectivity index (χ0v) is 7.14. The van der Waals surface area contributed by atoms with Gasteiger partial charge in [-0.2, -0.15) is 0 Å². The van der Waals surface area contributed by atoms with Crippen LogP contribution in [0.2, 0.25) is 0 Å². The van der Waals surface area contributed by atoms with Gasteiger partial charge in [-0.1, -0.05) is 12.1 Å². The summed E-state index contributed by atoms with van der Waals surface area (Å²) in [5.74, 6) is 1.05. The number of benzene rings is 1. The Morgan fingerprint density at radius 2 is 1.91 bits per heavy atom. The van der Waals surface area contributed by atoms with Gasteiger partial charge in [-0.15, -0.1) is 0 Å². The Labute approximate surface area is 66.3 Å². The lowest BCUT2D eigenvalue weighted by Crippen LogP contribution is -2.24. The van der Waals surface area contributed by atoms with Gasteiger partial charge in [0.15, 0.2) is 0 Å². The van der Waals surface area contributed by atoms with Crippen molar-refractivity contribution >= 4 is 0 Å². The van der Waals surface area contributed by atoms with Crippen molar-refractivity contribution in [3.63, 3.8) is 0 Å². The maximum atomic E-state index is 5.66. The maximum absolute atomic E-state index is 5.66. The first kappa shape index (κ1) is 6.71. The maximum Gasteiger partial charge on any atom is 0.128 e. The van der Waals surface area contributed by atoms with Crippen molar-refractivity contribution in [1.29, 1.82) is 0 Å². The van der Waals surface area contributed by atoms with E-state index in [9.17, 15) is 0 Å². The molecule has 1 heteroatoms. The van der Waals surface area contributed by atoms with Gasteiger partial charge in [-0.05, 0) is 32.1 Å². The van der Waals surface area contributed by atoms with Gasteiger partial charge >= 0.3 is 0 Å². The van der Waals surface area contributed by atoms with Gasteiger partial charge in [-0.3, -0.25) is 0 Å². The molecule has 0 heterocycles. The Hall–Kier alpha value is -0.980. The van der Waals surface area contributed by atoms with Crippen LogP contribution in [0.5, 0.6) is 5.75 Å². The summed E-state index contributed by atoms with van der Waals surface area (Å²) in [6, 6.07) is 6.28. The van der Waals surface area contributed by atoms with Crippen molar-refractivity contribution in [3.05, 3.63) is 28.6 Å². The summed E-state index contributed by atoms with van der Waals surface area (Å²) >= 11 is 0. The van der Waals surface area contributed by atoms with Gasteiger partial charge in [0.25, 0.3) is 0 Å². The summed E-state index contributed by atoms with van der Waals surface area (Å²) in [7, 11) is 0. The quantitative estimate of drug-likeness (QED) is 0.603. The summed E-state index contributed by atoms with van der Waals surface area (Å²) in [6.45, 7) is 6.19. The van der Waals surface area contributed by atoms with E-state index in [0.29, 0.717) is 0 Å². The molecule has 0 saturated carbocycles. The Kier molecular flexibility index (Phi) is 1.09. The summed E-state index contributed by atoms with van der Waals surface area (Å²) in [5, 5.41) is 2.63. The fourth-order valence-corrected chi connectivity index (χ4v) is 1.17. The first-order valence-corrected chi connectivity index (χ1v) is 3.90. The van der Waals surface area contributed by atoms with E-state index in [4.69, 9.17) is 4.74 Å². The molecule has 0 N–H and O–H groups in total. The van der Waals surface area contributed by atoms with Crippen LogP contribution >= 0.6 is 0 Å². The summed E-state index contributed by atoms with van der Waals surface area (Å²) < 4.78 is 5.66. The first-order valence-electron chi connectivity index (χ1n) is 3.90. The lowest BCUT2D eigenvalue weighted by Gasteiger charge is -2.24. The summed E-state index contributed by atoms with van der Waals surface area (Å²) in [5.41, 5.74) is -0.0617. The average molecular weight is 148 g/mol. The second kappa shape index (κ2) is 1.79. The van der Waals surface area contributed by atoms with Crippen molar-refractivity contribution in [2.24, 2.45) is 0 Å². The predicted octanol–water partition coefficient (Wildman–Crippen LogP) is 2.46. The number of ether oxygens (including phenoxy) is 1. The van der Waals surface area contributed by atoms with Crippen molar-refractivity contribution in [2.75, 3.05) is 0 Å². The minimum absolute atomic E-state index is 0.0617. The highest BCUT2D eigenvalue weighted by atomic mass is 16.5. The van der Waals surface area contributed by atoms with Gasteiger partial charge < -0.3 is 4.74 Å². The van der Waals surface area contributed by atoms with E-state index in [1.165, 1.54) is 10.4 Å². The Balaban J connectivity index is 2.19. The average Bonchev–Trinajstić information content (AvgIpc) is 1.77. The fourth-order valence-electron chi connectivity index (χ4n) is 1.17.